The van der Waals surface area contributed by atoms with Crippen LogP contribution in [0.1, 0.15) is 29.2 Å². The Balaban J connectivity index is 1.80. The minimum absolute atomic E-state index is 0.0628. The second kappa shape index (κ2) is 7.17. The first-order valence-electron chi connectivity index (χ1n) is 8.33. The molecule has 3 rings (SSSR count). The molecule has 1 aliphatic rings. The Hall–Kier alpha value is -1.86. The lowest BCUT2D eigenvalue weighted by molar-refractivity contribution is 0.0599. The maximum absolute atomic E-state index is 14.0. The molecule has 25 heavy (non-hydrogen) atoms. The van der Waals surface area contributed by atoms with Gasteiger partial charge in [-0.2, -0.15) is 0 Å². The van der Waals surface area contributed by atoms with Crippen LogP contribution in [0.3, 0.4) is 0 Å². The van der Waals surface area contributed by atoms with Crippen molar-refractivity contribution in [3.63, 3.8) is 0 Å². The number of nitrogens with zero attached hydrogens (tertiary/aromatic N) is 3. The highest BCUT2D eigenvalue weighted by atomic mass is 32.1. The lowest BCUT2D eigenvalue weighted by atomic mass is 10.2. The molecule has 134 valence electrons. The van der Waals surface area contributed by atoms with Crippen molar-refractivity contribution in [2.24, 2.45) is 0 Å². The summed E-state index contributed by atoms with van der Waals surface area (Å²) in [6.07, 6.45) is 0. The molecule has 0 unspecified atom stereocenters. The minimum atomic E-state index is -0.668. The Bertz CT molecular complexity index is 783. The predicted octanol–water partition coefficient (Wildman–Crippen LogP) is 3.56. The lowest BCUT2D eigenvalue weighted by Crippen LogP contribution is -2.50. The first-order chi connectivity index (χ1) is 11.9. The molecule has 0 N–H and O–H groups in total. The fourth-order valence-electron chi connectivity index (χ4n) is 2.96. The zero-order valence-electron chi connectivity index (χ0n) is 14.6. The van der Waals surface area contributed by atoms with Crippen LogP contribution >= 0.6 is 11.3 Å². The van der Waals surface area contributed by atoms with Crippen LogP contribution in [-0.4, -0.2) is 52.9 Å². The Labute approximate surface area is 150 Å². The van der Waals surface area contributed by atoms with Gasteiger partial charge >= 0.3 is 0 Å². The summed E-state index contributed by atoms with van der Waals surface area (Å²) in [5.74, 6) is -1.36. The van der Waals surface area contributed by atoms with Gasteiger partial charge in [-0.1, -0.05) is 0 Å². The van der Waals surface area contributed by atoms with Crippen LogP contribution in [0.25, 0.3) is 10.6 Å². The second-order valence-electron chi connectivity index (χ2n) is 6.48. The number of rotatable bonds is 3. The molecule has 0 bridgehead atoms. The summed E-state index contributed by atoms with van der Waals surface area (Å²) < 4.78 is 27.1. The number of halogens is 2. The van der Waals surface area contributed by atoms with E-state index >= 15 is 0 Å². The number of carbonyl (C=O) groups excluding carboxylic acids is 1. The van der Waals surface area contributed by atoms with Crippen molar-refractivity contribution in [2.75, 3.05) is 26.2 Å². The molecule has 0 aliphatic carbocycles. The van der Waals surface area contributed by atoms with Gasteiger partial charge in [-0.25, -0.2) is 13.8 Å². The van der Waals surface area contributed by atoms with Crippen LogP contribution in [0.4, 0.5) is 8.78 Å². The van der Waals surface area contributed by atoms with Crippen molar-refractivity contribution >= 4 is 17.2 Å². The molecule has 1 aromatic heterocycles. The Morgan fingerprint density at radius 1 is 1.20 bits per heavy atom. The van der Waals surface area contributed by atoms with Gasteiger partial charge in [-0.3, -0.25) is 9.69 Å². The summed E-state index contributed by atoms with van der Waals surface area (Å²) in [5.41, 5.74) is 0.804. The summed E-state index contributed by atoms with van der Waals surface area (Å²) >= 11 is 1.16. The minimum Gasteiger partial charge on any atom is -0.335 e. The van der Waals surface area contributed by atoms with E-state index in [0.717, 1.165) is 30.5 Å². The number of aromatic nitrogens is 1. The summed E-state index contributed by atoms with van der Waals surface area (Å²) in [6, 6.07) is 3.86. The van der Waals surface area contributed by atoms with Crippen molar-refractivity contribution in [1.82, 2.24) is 14.8 Å². The molecule has 0 radical (unpaired) electrons. The third-order valence-corrected chi connectivity index (χ3v) is 5.66. The topological polar surface area (TPSA) is 36.4 Å². The van der Waals surface area contributed by atoms with Crippen LogP contribution in [0.15, 0.2) is 18.2 Å². The van der Waals surface area contributed by atoms with Gasteiger partial charge in [-0.05, 0) is 32.9 Å². The van der Waals surface area contributed by atoms with E-state index in [1.54, 1.807) is 6.92 Å². The van der Waals surface area contributed by atoms with Gasteiger partial charge in [0.15, 0.2) is 0 Å². The number of piperazine rings is 1. The maximum atomic E-state index is 14.0. The van der Waals surface area contributed by atoms with E-state index in [-0.39, 0.29) is 11.5 Å². The average Bonchev–Trinajstić information content (AvgIpc) is 2.95. The SMILES string of the molecule is Cc1nc(-c2ccc(F)cc2F)sc1C(=O)N1CCN(C(C)C)CC1. The monoisotopic (exact) mass is 365 g/mol. The lowest BCUT2D eigenvalue weighted by Gasteiger charge is -2.36. The molecule has 1 saturated heterocycles. The van der Waals surface area contributed by atoms with Gasteiger partial charge in [-0.15, -0.1) is 11.3 Å². The zero-order valence-corrected chi connectivity index (χ0v) is 15.4. The molecular weight excluding hydrogens is 344 g/mol. The van der Waals surface area contributed by atoms with E-state index in [9.17, 15) is 13.6 Å². The van der Waals surface area contributed by atoms with Crippen molar-refractivity contribution in [3.05, 3.63) is 40.4 Å². The van der Waals surface area contributed by atoms with E-state index in [2.05, 4.69) is 23.7 Å². The number of thiazole rings is 1. The Kier molecular flexibility index (Phi) is 5.15. The van der Waals surface area contributed by atoms with E-state index in [1.165, 1.54) is 12.1 Å². The van der Waals surface area contributed by atoms with E-state index in [0.29, 0.717) is 34.7 Å². The summed E-state index contributed by atoms with van der Waals surface area (Å²) in [5, 5.41) is 0.402. The number of hydrogen-bond acceptors (Lipinski definition) is 4. The molecule has 0 saturated carbocycles. The standard InChI is InChI=1S/C18H21F2N3OS/c1-11(2)22-6-8-23(9-7-22)18(24)16-12(3)21-17(25-16)14-5-4-13(19)10-15(14)20/h4-5,10-11H,6-9H2,1-3H3. The highest BCUT2D eigenvalue weighted by Gasteiger charge is 2.26. The van der Waals surface area contributed by atoms with Gasteiger partial charge in [0.2, 0.25) is 0 Å². The molecule has 1 aliphatic heterocycles. The highest BCUT2D eigenvalue weighted by molar-refractivity contribution is 7.17. The molecule has 1 amide bonds. The summed E-state index contributed by atoms with van der Waals surface area (Å²) in [6.45, 7) is 9.09. The van der Waals surface area contributed by atoms with Crippen molar-refractivity contribution < 1.29 is 13.6 Å². The third kappa shape index (κ3) is 3.72. The van der Waals surface area contributed by atoms with Gasteiger partial charge < -0.3 is 4.90 Å². The Morgan fingerprint density at radius 3 is 2.48 bits per heavy atom. The molecule has 0 spiro atoms. The molecular formula is C18H21F2N3OS. The van der Waals surface area contributed by atoms with Crippen LogP contribution < -0.4 is 0 Å². The summed E-state index contributed by atoms with van der Waals surface area (Å²) in [4.78, 5) is 21.8. The quantitative estimate of drug-likeness (QED) is 0.834. The molecule has 4 nitrogen and oxygen atoms in total. The second-order valence-corrected chi connectivity index (χ2v) is 7.48. The van der Waals surface area contributed by atoms with Crippen LogP contribution in [-0.2, 0) is 0 Å². The zero-order chi connectivity index (χ0) is 18.1. The number of carbonyl (C=O) groups is 1. The predicted molar refractivity (Wildman–Crippen MR) is 94.8 cm³/mol. The molecule has 2 aromatic rings. The Morgan fingerprint density at radius 2 is 1.88 bits per heavy atom. The summed E-state index contributed by atoms with van der Waals surface area (Å²) in [7, 11) is 0. The first kappa shape index (κ1) is 17.9. The molecule has 7 heteroatoms. The number of benzene rings is 1. The fourth-order valence-corrected chi connectivity index (χ4v) is 4.02. The van der Waals surface area contributed by atoms with Crippen LogP contribution in [0, 0.1) is 18.6 Å². The van der Waals surface area contributed by atoms with Crippen LogP contribution in [0.2, 0.25) is 0 Å². The fraction of sp³-hybridized carbons (Fsp3) is 0.444. The van der Waals surface area contributed by atoms with Gasteiger partial charge in [0.05, 0.1) is 5.69 Å². The van der Waals surface area contributed by atoms with Gasteiger partial charge in [0, 0.05) is 43.9 Å². The largest absolute Gasteiger partial charge is 0.335 e. The number of aryl methyl sites for hydroxylation is 1. The number of hydrogen-bond donors (Lipinski definition) is 0. The van der Waals surface area contributed by atoms with Crippen molar-refractivity contribution in [2.45, 2.75) is 26.8 Å². The molecule has 0 atom stereocenters. The van der Waals surface area contributed by atoms with Crippen molar-refractivity contribution in [3.8, 4) is 10.6 Å². The smallest absolute Gasteiger partial charge is 0.265 e. The maximum Gasteiger partial charge on any atom is 0.265 e. The molecule has 1 aromatic carbocycles. The average molecular weight is 365 g/mol. The highest BCUT2D eigenvalue weighted by Crippen LogP contribution is 2.31. The third-order valence-electron chi connectivity index (χ3n) is 4.48. The molecule has 1 fully saturated rings. The van der Waals surface area contributed by atoms with E-state index in [1.807, 2.05) is 4.90 Å². The normalized spacial score (nSPS) is 15.8. The first-order valence-corrected chi connectivity index (χ1v) is 9.14. The van der Waals surface area contributed by atoms with Crippen LogP contribution in [0.5, 0.6) is 0 Å². The van der Waals surface area contributed by atoms with E-state index in [4.69, 9.17) is 0 Å². The van der Waals surface area contributed by atoms with Gasteiger partial charge in [0.1, 0.15) is 21.5 Å². The number of amides is 1. The van der Waals surface area contributed by atoms with Gasteiger partial charge in [0.25, 0.3) is 5.91 Å². The van der Waals surface area contributed by atoms with E-state index < -0.39 is 11.6 Å². The van der Waals surface area contributed by atoms with Crippen molar-refractivity contribution in [1.29, 1.82) is 0 Å². The molecule has 2 heterocycles.